The summed E-state index contributed by atoms with van der Waals surface area (Å²) in [5.74, 6) is 1.82. The fraction of sp³-hybridized carbons (Fsp3) is 0.500. The van der Waals surface area contributed by atoms with Crippen LogP contribution in [-0.2, 0) is 6.54 Å². The van der Waals surface area contributed by atoms with E-state index in [1.54, 1.807) is 0 Å². The van der Waals surface area contributed by atoms with Crippen molar-refractivity contribution in [3.8, 4) is 0 Å². The van der Waals surface area contributed by atoms with Crippen LogP contribution in [0.4, 0.5) is 5.69 Å². The lowest BCUT2D eigenvalue weighted by Crippen LogP contribution is -2.23. The zero-order valence-electron chi connectivity index (χ0n) is 13.0. The van der Waals surface area contributed by atoms with E-state index in [-0.39, 0.29) is 24.4 Å². The fourth-order valence-corrected chi connectivity index (χ4v) is 2.85. The molecular weight excluding hydrogens is 300 g/mol. The van der Waals surface area contributed by atoms with Gasteiger partial charge in [-0.1, -0.05) is 31.1 Å². The molecule has 120 valence electrons. The molecule has 22 heavy (non-hydrogen) atoms. The third kappa shape index (κ3) is 3.59. The van der Waals surface area contributed by atoms with Crippen molar-refractivity contribution in [2.75, 3.05) is 12.3 Å². The topological polar surface area (TPSA) is 68.2 Å². The van der Waals surface area contributed by atoms with Crippen molar-refractivity contribution < 1.29 is 4.52 Å². The molecule has 1 aliphatic rings. The molecule has 0 saturated carbocycles. The SMILES string of the molecule is CC(C)c1nc(C2CCCN2Cc2cccc(N)c2)no1.Cl. The summed E-state index contributed by atoms with van der Waals surface area (Å²) in [6.07, 6.45) is 2.25. The Bertz CT molecular complexity index is 614. The lowest BCUT2D eigenvalue weighted by atomic mass is 10.1. The van der Waals surface area contributed by atoms with Crippen LogP contribution >= 0.6 is 12.4 Å². The van der Waals surface area contributed by atoms with Crippen molar-refractivity contribution in [1.29, 1.82) is 0 Å². The van der Waals surface area contributed by atoms with Gasteiger partial charge in [0.2, 0.25) is 5.89 Å². The monoisotopic (exact) mass is 322 g/mol. The van der Waals surface area contributed by atoms with Crippen LogP contribution in [0.5, 0.6) is 0 Å². The molecule has 1 atom stereocenters. The minimum absolute atomic E-state index is 0. The van der Waals surface area contributed by atoms with E-state index in [0.717, 1.165) is 36.9 Å². The number of rotatable bonds is 4. The molecule has 6 heteroatoms. The van der Waals surface area contributed by atoms with Gasteiger partial charge in [0.25, 0.3) is 0 Å². The van der Waals surface area contributed by atoms with E-state index in [0.29, 0.717) is 0 Å². The largest absolute Gasteiger partial charge is 0.399 e. The number of benzene rings is 1. The third-order valence-electron chi connectivity index (χ3n) is 3.95. The lowest BCUT2D eigenvalue weighted by molar-refractivity contribution is 0.234. The van der Waals surface area contributed by atoms with Crippen LogP contribution < -0.4 is 5.73 Å². The molecule has 0 aliphatic carbocycles. The van der Waals surface area contributed by atoms with Gasteiger partial charge in [-0.2, -0.15) is 4.98 Å². The predicted molar refractivity (Wildman–Crippen MR) is 88.9 cm³/mol. The number of aromatic nitrogens is 2. The Labute approximate surface area is 137 Å². The lowest BCUT2D eigenvalue weighted by Gasteiger charge is -2.21. The van der Waals surface area contributed by atoms with E-state index in [1.807, 2.05) is 18.2 Å². The Morgan fingerprint density at radius 3 is 2.91 bits per heavy atom. The summed E-state index contributed by atoms with van der Waals surface area (Å²) in [4.78, 5) is 6.96. The molecule has 1 fully saturated rings. The molecule has 0 bridgehead atoms. The van der Waals surface area contributed by atoms with Crippen molar-refractivity contribution in [1.82, 2.24) is 15.0 Å². The molecule has 2 heterocycles. The standard InChI is InChI=1S/C16H22N4O.ClH/c1-11(2)16-18-15(19-21-16)14-7-4-8-20(14)10-12-5-3-6-13(17)9-12;/h3,5-6,9,11,14H,4,7-8,10,17H2,1-2H3;1H. The van der Waals surface area contributed by atoms with Gasteiger partial charge in [-0.3, -0.25) is 4.90 Å². The van der Waals surface area contributed by atoms with E-state index in [9.17, 15) is 0 Å². The molecule has 1 aromatic carbocycles. The summed E-state index contributed by atoms with van der Waals surface area (Å²) in [5, 5.41) is 4.18. The quantitative estimate of drug-likeness (QED) is 0.872. The predicted octanol–water partition coefficient (Wildman–Crippen LogP) is 3.53. The van der Waals surface area contributed by atoms with Gasteiger partial charge in [0, 0.05) is 18.2 Å². The summed E-state index contributed by atoms with van der Waals surface area (Å²) in [5.41, 5.74) is 7.90. The van der Waals surface area contributed by atoms with Crippen molar-refractivity contribution in [2.24, 2.45) is 0 Å². The molecule has 0 radical (unpaired) electrons. The average molecular weight is 323 g/mol. The zero-order valence-corrected chi connectivity index (χ0v) is 13.8. The molecule has 1 aromatic heterocycles. The van der Waals surface area contributed by atoms with Crippen LogP contribution in [0.15, 0.2) is 28.8 Å². The molecule has 1 aliphatic heterocycles. The second-order valence-electron chi connectivity index (χ2n) is 6.02. The summed E-state index contributed by atoms with van der Waals surface area (Å²) in [6, 6.07) is 8.31. The number of anilines is 1. The highest BCUT2D eigenvalue weighted by molar-refractivity contribution is 5.85. The highest BCUT2D eigenvalue weighted by Gasteiger charge is 2.30. The number of halogens is 1. The highest BCUT2D eigenvalue weighted by atomic mass is 35.5. The molecule has 1 saturated heterocycles. The first-order chi connectivity index (χ1) is 10.1. The first-order valence-corrected chi connectivity index (χ1v) is 7.55. The molecule has 2 aromatic rings. The average Bonchev–Trinajstić information content (AvgIpc) is 3.06. The maximum absolute atomic E-state index is 5.86. The van der Waals surface area contributed by atoms with E-state index in [1.165, 1.54) is 12.0 Å². The Balaban J connectivity index is 0.00000176. The van der Waals surface area contributed by atoms with Gasteiger partial charge in [0.1, 0.15) is 0 Å². The third-order valence-corrected chi connectivity index (χ3v) is 3.95. The number of nitrogens with two attached hydrogens (primary N) is 1. The van der Waals surface area contributed by atoms with Crippen LogP contribution in [0.25, 0.3) is 0 Å². The minimum Gasteiger partial charge on any atom is -0.399 e. The van der Waals surface area contributed by atoms with Crippen LogP contribution in [0.3, 0.4) is 0 Å². The number of hydrogen-bond acceptors (Lipinski definition) is 5. The highest BCUT2D eigenvalue weighted by Crippen LogP contribution is 2.32. The number of likely N-dealkylation sites (tertiary alicyclic amines) is 1. The van der Waals surface area contributed by atoms with Crippen LogP contribution in [0.2, 0.25) is 0 Å². The van der Waals surface area contributed by atoms with E-state index >= 15 is 0 Å². The normalized spacial score (nSPS) is 18.6. The molecule has 0 spiro atoms. The number of hydrogen-bond donors (Lipinski definition) is 1. The molecule has 5 nitrogen and oxygen atoms in total. The summed E-state index contributed by atoms with van der Waals surface area (Å²) < 4.78 is 5.35. The summed E-state index contributed by atoms with van der Waals surface area (Å²) in [6.45, 7) is 6.07. The Kier molecular flexibility index (Phi) is 5.42. The summed E-state index contributed by atoms with van der Waals surface area (Å²) in [7, 11) is 0. The van der Waals surface area contributed by atoms with Crippen molar-refractivity contribution in [2.45, 2.75) is 45.2 Å². The number of nitrogen functional groups attached to an aromatic ring is 1. The van der Waals surface area contributed by atoms with Crippen LogP contribution in [-0.4, -0.2) is 21.6 Å². The van der Waals surface area contributed by atoms with Gasteiger partial charge in [0.15, 0.2) is 5.82 Å². The van der Waals surface area contributed by atoms with Crippen molar-refractivity contribution >= 4 is 18.1 Å². The van der Waals surface area contributed by atoms with Gasteiger partial charge < -0.3 is 10.3 Å². The van der Waals surface area contributed by atoms with Crippen molar-refractivity contribution in [3.63, 3.8) is 0 Å². The van der Waals surface area contributed by atoms with E-state index in [4.69, 9.17) is 10.3 Å². The van der Waals surface area contributed by atoms with Gasteiger partial charge in [-0.05, 0) is 37.1 Å². The zero-order chi connectivity index (χ0) is 14.8. The first-order valence-electron chi connectivity index (χ1n) is 7.55. The van der Waals surface area contributed by atoms with Gasteiger partial charge in [-0.15, -0.1) is 12.4 Å². The van der Waals surface area contributed by atoms with Crippen LogP contribution in [0, 0.1) is 0 Å². The fourth-order valence-electron chi connectivity index (χ4n) is 2.85. The molecule has 3 rings (SSSR count). The minimum atomic E-state index is 0. The maximum atomic E-state index is 5.86. The second kappa shape index (κ2) is 7.11. The second-order valence-corrected chi connectivity index (χ2v) is 6.02. The van der Waals surface area contributed by atoms with E-state index < -0.39 is 0 Å². The van der Waals surface area contributed by atoms with Gasteiger partial charge >= 0.3 is 0 Å². The smallest absolute Gasteiger partial charge is 0.229 e. The van der Waals surface area contributed by atoms with E-state index in [2.05, 4.69) is 35.0 Å². The molecule has 1 unspecified atom stereocenters. The first kappa shape index (κ1) is 16.8. The van der Waals surface area contributed by atoms with Gasteiger partial charge in [0.05, 0.1) is 6.04 Å². The summed E-state index contributed by atoms with van der Waals surface area (Å²) >= 11 is 0. The van der Waals surface area contributed by atoms with Gasteiger partial charge in [-0.25, -0.2) is 0 Å². The maximum Gasteiger partial charge on any atom is 0.229 e. The Hall–Kier alpha value is -1.59. The molecular formula is C16H23ClN4O. The number of nitrogens with zero attached hydrogens (tertiary/aromatic N) is 3. The van der Waals surface area contributed by atoms with Crippen LogP contribution in [0.1, 0.15) is 55.9 Å². The Morgan fingerprint density at radius 2 is 2.23 bits per heavy atom. The van der Waals surface area contributed by atoms with Crippen molar-refractivity contribution in [3.05, 3.63) is 41.5 Å². The Morgan fingerprint density at radius 1 is 1.41 bits per heavy atom. The molecule has 2 N–H and O–H groups in total. The molecule has 0 amide bonds.